The third kappa shape index (κ3) is 2.46. The molecule has 3 nitrogen and oxygen atoms in total. The molecule has 2 atom stereocenters. The van der Waals surface area contributed by atoms with Crippen LogP contribution in [0.4, 0.5) is 0 Å². The van der Waals surface area contributed by atoms with Crippen LogP contribution in [0.5, 0.6) is 0 Å². The minimum Gasteiger partial charge on any atom is -0.342 e. The summed E-state index contributed by atoms with van der Waals surface area (Å²) in [6.45, 7) is 5.74. The molecule has 1 saturated carbocycles. The molecule has 2 rings (SSSR count). The maximum absolute atomic E-state index is 12.4. The number of nitriles is 1. The van der Waals surface area contributed by atoms with E-state index < -0.39 is 0 Å². The predicted octanol–water partition coefficient (Wildman–Crippen LogP) is 2.57. The Morgan fingerprint density at radius 2 is 2.00 bits per heavy atom. The van der Waals surface area contributed by atoms with E-state index in [2.05, 4.69) is 13.0 Å². The molecular weight excluding hydrogens is 212 g/mol. The molecule has 0 aromatic heterocycles. The van der Waals surface area contributed by atoms with E-state index in [0.29, 0.717) is 11.8 Å². The molecule has 2 aliphatic rings. The molecule has 17 heavy (non-hydrogen) atoms. The highest BCUT2D eigenvalue weighted by molar-refractivity contribution is 5.79. The molecule has 2 fully saturated rings. The van der Waals surface area contributed by atoms with Gasteiger partial charge in [0, 0.05) is 19.0 Å². The van der Waals surface area contributed by atoms with E-state index in [0.717, 1.165) is 32.4 Å². The summed E-state index contributed by atoms with van der Waals surface area (Å²) in [4.78, 5) is 14.3. The van der Waals surface area contributed by atoms with Crippen LogP contribution in [-0.2, 0) is 4.79 Å². The van der Waals surface area contributed by atoms with Crippen LogP contribution in [0.2, 0.25) is 0 Å². The number of carbonyl (C=O) groups excluding carboxylic acids is 1. The first kappa shape index (κ1) is 12.4. The highest BCUT2D eigenvalue weighted by atomic mass is 16.2. The number of piperidine rings is 1. The fourth-order valence-corrected chi connectivity index (χ4v) is 3.08. The number of amides is 1. The lowest BCUT2D eigenvalue weighted by Gasteiger charge is -2.36. The van der Waals surface area contributed by atoms with E-state index in [1.54, 1.807) is 0 Å². The van der Waals surface area contributed by atoms with Gasteiger partial charge in [-0.3, -0.25) is 4.79 Å². The molecule has 94 valence electrons. The molecule has 1 aliphatic heterocycles. The van der Waals surface area contributed by atoms with Crippen molar-refractivity contribution < 1.29 is 4.79 Å². The van der Waals surface area contributed by atoms with Gasteiger partial charge in [-0.2, -0.15) is 5.26 Å². The minimum absolute atomic E-state index is 0.210. The highest BCUT2D eigenvalue weighted by Gasteiger charge is 2.37. The topological polar surface area (TPSA) is 44.1 Å². The lowest BCUT2D eigenvalue weighted by molar-refractivity contribution is -0.138. The van der Waals surface area contributed by atoms with E-state index >= 15 is 0 Å². The second kappa shape index (κ2) is 4.68. The van der Waals surface area contributed by atoms with Gasteiger partial charge in [0.25, 0.3) is 0 Å². The van der Waals surface area contributed by atoms with Crippen molar-refractivity contribution in [2.24, 2.45) is 17.3 Å². The van der Waals surface area contributed by atoms with Crippen LogP contribution in [-0.4, -0.2) is 23.9 Å². The lowest BCUT2D eigenvalue weighted by atomic mass is 9.81. The molecule has 1 aliphatic carbocycles. The molecule has 0 bridgehead atoms. The first-order chi connectivity index (χ1) is 8.06. The van der Waals surface area contributed by atoms with Crippen LogP contribution in [0.1, 0.15) is 46.0 Å². The second-order valence-electron chi connectivity index (χ2n) is 6.01. The molecule has 3 heteroatoms. The van der Waals surface area contributed by atoms with Crippen LogP contribution in [0.3, 0.4) is 0 Å². The average molecular weight is 234 g/mol. The second-order valence-corrected chi connectivity index (χ2v) is 6.01. The summed E-state index contributed by atoms with van der Waals surface area (Å²) in [5, 5.41) is 9.08. The zero-order valence-electron chi connectivity index (χ0n) is 10.9. The molecule has 1 heterocycles. The van der Waals surface area contributed by atoms with E-state index in [9.17, 15) is 4.79 Å². The Balaban J connectivity index is 1.93. The van der Waals surface area contributed by atoms with Crippen LogP contribution in [0, 0.1) is 28.6 Å². The summed E-state index contributed by atoms with van der Waals surface area (Å²) in [7, 11) is 0. The lowest BCUT2D eigenvalue weighted by Crippen LogP contribution is -2.44. The number of rotatable bonds is 1. The number of hydrogen-bond acceptors (Lipinski definition) is 2. The third-order valence-corrected chi connectivity index (χ3v) is 4.63. The summed E-state index contributed by atoms with van der Waals surface area (Å²) in [5.74, 6) is 1.14. The number of nitrogens with zero attached hydrogens (tertiary/aromatic N) is 2. The van der Waals surface area contributed by atoms with Gasteiger partial charge in [0.15, 0.2) is 0 Å². The van der Waals surface area contributed by atoms with Gasteiger partial charge < -0.3 is 4.90 Å². The molecule has 0 aromatic rings. The first-order valence-corrected chi connectivity index (χ1v) is 6.76. The largest absolute Gasteiger partial charge is 0.342 e. The van der Waals surface area contributed by atoms with Crippen molar-refractivity contribution in [3.8, 4) is 6.07 Å². The molecule has 1 amide bonds. The summed E-state index contributed by atoms with van der Waals surface area (Å²) >= 11 is 0. The molecule has 0 radical (unpaired) electrons. The first-order valence-electron chi connectivity index (χ1n) is 6.76. The van der Waals surface area contributed by atoms with Gasteiger partial charge in [0.05, 0.1) is 11.5 Å². The zero-order chi connectivity index (χ0) is 12.5. The van der Waals surface area contributed by atoms with Crippen LogP contribution in [0.15, 0.2) is 0 Å². The Kier molecular flexibility index (Phi) is 3.42. The van der Waals surface area contributed by atoms with Crippen molar-refractivity contribution in [1.29, 1.82) is 5.26 Å². The smallest absolute Gasteiger partial charge is 0.225 e. The number of carbonyl (C=O) groups is 1. The monoisotopic (exact) mass is 234 g/mol. The molecule has 0 aromatic carbocycles. The number of likely N-dealkylation sites (tertiary alicyclic amines) is 1. The Morgan fingerprint density at radius 1 is 1.35 bits per heavy atom. The van der Waals surface area contributed by atoms with Crippen molar-refractivity contribution in [3.63, 3.8) is 0 Å². The van der Waals surface area contributed by atoms with Gasteiger partial charge >= 0.3 is 0 Å². The van der Waals surface area contributed by atoms with Crippen LogP contribution < -0.4 is 0 Å². The summed E-state index contributed by atoms with van der Waals surface area (Å²) in [5.41, 5.74) is -0.210. The number of hydrogen-bond donors (Lipinski definition) is 0. The molecule has 0 spiro atoms. The van der Waals surface area contributed by atoms with Gasteiger partial charge in [-0.05, 0) is 38.5 Å². The molecular formula is C14H22N2O. The average Bonchev–Trinajstić information content (AvgIpc) is 2.76. The molecule has 0 N–H and O–H groups in total. The Bertz CT molecular complexity index is 337. The fraction of sp³-hybridized carbons (Fsp3) is 0.857. The van der Waals surface area contributed by atoms with Crippen molar-refractivity contribution >= 4 is 5.91 Å². The van der Waals surface area contributed by atoms with Gasteiger partial charge in [0.2, 0.25) is 5.91 Å². The maximum Gasteiger partial charge on any atom is 0.225 e. The summed E-state index contributed by atoms with van der Waals surface area (Å²) < 4.78 is 0. The maximum atomic E-state index is 12.4. The van der Waals surface area contributed by atoms with Gasteiger partial charge in [-0.25, -0.2) is 0 Å². The Hall–Kier alpha value is -1.04. The van der Waals surface area contributed by atoms with Crippen molar-refractivity contribution in [2.75, 3.05) is 13.1 Å². The van der Waals surface area contributed by atoms with Crippen molar-refractivity contribution in [3.05, 3.63) is 0 Å². The summed E-state index contributed by atoms with van der Waals surface area (Å²) in [6, 6.07) is 2.38. The standard InChI is InChI=1S/C14H22N2O/c1-11-4-3-5-12(11)13(17)16-8-6-14(2,10-15)7-9-16/h11-12H,3-9H2,1-2H3. The van der Waals surface area contributed by atoms with Crippen molar-refractivity contribution in [2.45, 2.75) is 46.0 Å². The van der Waals surface area contributed by atoms with Crippen molar-refractivity contribution in [1.82, 2.24) is 4.90 Å². The molecule has 1 saturated heterocycles. The van der Waals surface area contributed by atoms with E-state index in [4.69, 9.17) is 5.26 Å². The highest BCUT2D eigenvalue weighted by Crippen LogP contribution is 2.35. The zero-order valence-corrected chi connectivity index (χ0v) is 10.9. The van der Waals surface area contributed by atoms with E-state index in [-0.39, 0.29) is 11.3 Å². The molecule has 2 unspecified atom stereocenters. The SMILES string of the molecule is CC1CCCC1C(=O)N1CCC(C)(C#N)CC1. The van der Waals surface area contributed by atoms with Gasteiger partial charge in [-0.1, -0.05) is 13.3 Å². The van der Waals surface area contributed by atoms with Crippen LogP contribution >= 0.6 is 0 Å². The summed E-state index contributed by atoms with van der Waals surface area (Å²) in [6.07, 6.45) is 5.11. The van der Waals surface area contributed by atoms with Gasteiger partial charge in [0.1, 0.15) is 0 Å². The Morgan fingerprint density at radius 3 is 2.47 bits per heavy atom. The van der Waals surface area contributed by atoms with E-state index in [1.807, 2.05) is 11.8 Å². The van der Waals surface area contributed by atoms with E-state index in [1.165, 1.54) is 12.8 Å². The fourth-order valence-electron chi connectivity index (χ4n) is 3.08. The minimum atomic E-state index is -0.210. The van der Waals surface area contributed by atoms with Gasteiger partial charge in [-0.15, -0.1) is 0 Å². The van der Waals surface area contributed by atoms with Crippen LogP contribution in [0.25, 0.3) is 0 Å². The third-order valence-electron chi connectivity index (χ3n) is 4.63. The normalized spacial score (nSPS) is 32.2. The predicted molar refractivity (Wildman–Crippen MR) is 66.0 cm³/mol. The Labute approximate surface area is 104 Å². The quantitative estimate of drug-likeness (QED) is 0.700.